The number of alkyl halides is 3. The highest BCUT2D eigenvalue weighted by Crippen LogP contribution is 2.30. The largest absolute Gasteiger partial charge is 0.416 e. The summed E-state index contributed by atoms with van der Waals surface area (Å²) in [6, 6.07) is 4.27. The predicted octanol–water partition coefficient (Wildman–Crippen LogP) is 1.57. The molecule has 0 saturated carbocycles. The van der Waals surface area contributed by atoms with Gasteiger partial charge in [0.2, 0.25) is 5.91 Å². The highest BCUT2D eigenvalue weighted by Gasteiger charge is 2.30. The van der Waals surface area contributed by atoms with Gasteiger partial charge in [-0.25, -0.2) is 4.68 Å². The molecule has 0 fully saturated rings. The number of nitrogens with zero attached hydrogens (tertiary/aromatic N) is 4. The molecule has 1 amide bonds. The highest BCUT2D eigenvalue weighted by molar-refractivity contribution is 5.76. The van der Waals surface area contributed by atoms with Crippen molar-refractivity contribution in [1.29, 1.82) is 0 Å². The molecule has 2 aromatic rings. The van der Waals surface area contributed by atoms with Gasteiger partial charge in [-0.1, -0.05) is 12.1 Å². The van der Waals surface area contributed by atoms with Crippen LogP contribution in [0, 0.1) is 0 Å². The van der Waals surface area contributed by atoms with Gasteiger partial charge >= 0.3 is 6.18 Å². The second-order valence-electron chi connectivity index (χ2n) is 4.42. The van der Waals surface area contributed by atoms with Crippen molar-refractivity contribution in [1.82, 2.24) is 25.5 Å². The molecule has 0 aliphatic carbocycles. The van der Waals surface area contributed by atoms with Crippen molar-refractivity contribution in [3.05, 3.63) is 41.7 Å². The van der Waals surface area contributed by atoms with Gasteiger partial charge in [-0.15, -0.1) is 5.10 Å². The van der Waals surface area contributed by atoms with Crippen LogP contribution in [0.1, 0.15) is 24.1 Å². The zero-order valence-corrected chi connectivity index (χ0v) is 11.0. The molecule has 0 radical (unpaired) electrons. The van der Waals surface area contributed by atoms with Crippen molar-refractivity contribution < 1.29 is 18.0 Å². The number of carbonyl (C=O) groups excluding carboxylic acids is 1. The van der Waals surface area contributed by atoms with E-state index >= 15 is 0 Å². The Morgan fingerprint density at radius 1 is 1.43 bits per heavy atom. The molecule has 21 heavy (non-hydrogen) atoms. The Morgan fingerprint density at radius 3 is 2.81 bits per heavy atom. The fourth-order valence-electron chi connectivity index (χ4n) is 1.75. The first-order valence-corrected chi connectivity index (χ1v) is 6.03. The number of tetrazole rings is 1. The molecular formula is C12H12F3N5O. The molecular weight excluding hydrogens is 287 g/mol. The van der Waals surface area contributed by atoms with Crippen molar-refractivity contribution in [2.24, 2.45) is 0 Å². The molecule has 0 bridgehead atoms. The maximum atomic E-state index is 12.6. The molecule has 0 aliphatic heterocycles. The van der Waals surface area contributed by atoms with Crippen LogP contribution in [0.4, 0.5) is 13.2 Å². The number of aromatic nitrogens is 4. The Labute approximate surface area is 118 Å². The van der Waals surface area contributed by atoms with Crippen LogP contribution in [0.3, 0.4) is 0 Å². The van der Waals surface area contributed by atoms with E-state index in [1.165, 1.54) is 23.1 Å². The van der Waals surface area contributed by atoms with E-state index in [9.17, 15) is 18.0 Å². The van der Waals surface area contributed by atoms with E-state index in [1.807, 2.05) is 0 Å². The van der Waals surface area contributed by atoms with Crippen molar-refractivity contribution in [2.75, 3.05) is 0 Å². The minimum Gasteiger partial charge on any atom is -0.348 e. The van der Waals surface area contributed by atoms with Crippen LogP contribution in [0.15, 0.2) is 30.6 Å². The molecule has 112 valence electrons. The monoisotopic (exact) mass is 299 g/mol. The van der Waals surface area contributed by atoms with E-state index in [4.69, 9.17) is 0 Å². The summed E-state index contributed by atoms with van der Waals surface area (Å²) in [5.74, 6) is -0.396. The second kappa shape index (κ2) is 5.90. The van der Waals surface area contributed by atoms with Crippen LogP contribution in [0.2, 0.25) is 0 Å². The molecule has 1 atom stereocenters. The molecule has 6 nitrogen and oxygen atoms in total. The lowest BCUT2D eigenvalue weighted by molar-refractivity contribution is -0.137. The van der Waals surface area contributed by atoms with Crippen LogP contribution in [-0.4, -0.2) is 26.1 Å². The summed E-state index contributed by atoms with van der Waals surface area (Å²) in [5.41, 5.74) is -0.378. The first-order valence-electron chi connectivity index (χ1n) is 6.03. The van der Waals surface area contributed by atoms with Crippen LogP contribution < -0.4 is 5.32 Å². The van der Waals surface area contributed by atoms with E-state index in [0.29, 0.717) is 5.56 Å². The van der Waals surface area contributed by atoms with Gasteiger partial charge in [0.1, 0.15) is 12.9 Å². The maximum absolute atomic E-state index is 12.6. The molecule has 0 saturated heterocycles. The predicted molar refractivity (Wildman–Crippen MR) is 65.8 cm³/mol. The number of hydrogen-bond acceptors (Lipinski definition) is 4. The van der Waals surface area contributed by atoms with Gasteiger partial charge in [0.25, 0.3) is 0 Å². The van der Waals surface area contributed by atoms with Crippen LogP contribution in [0.5, 0.6) is 0 Å². The van der Waals surface area contributed by atoms with Crippen molar-refractivity contribution >= 4 is 5.91 Å². The average Bonchev–Trinajstić information content (AvgIpc) is 2.90. The van der Waals surface area contributed by atoms with E-state index in [1.54, 1.807) is 6.92 Å². The third kappa shape index (κ3) is 4.01. The Morgan fingerprint density at radius 2 is 2.19 bits per heavy atom. The third-order valence-electron chi connectivity index (χ3n) is 2.79. The van der Waals surface area contributed by atoms with Gasteiger partial charge in [0.05, 0.1) is 11.6 Å². The fourth-order valence-corrected chi connectivity index (χ4v) is 1.75. The number of halogens is 3. The third-order valence-corrected chi connectivity index (χ3v) is 2.79. The quantitative estimate of drug-likeness (QED) is 0.930. The Kier molecular flexibility index (Phi) is 4.20. The maximum Gasteiger partial charge on any atom is 0.416 e. The summed E-state index contributed by atoms with van der Waals surface area (Å²) in [7, 11) is 0. The Balaban J connectivity index is 2.03. The Hall–Kier alpha value is -2.45. The SMILES string of the molecule is C[C@@H](NC(=O)Cn1cnnn1)c1cccc(C(F)(F)F)c1. The molecule has 9 heteroatoms. The molecule has 0 aliphatic rings. The van der Waals surface area contributed by atoms with Crippen LogP contribution in [-0.2, 0) is 17.5 Å². The highest BCUT2D eigenvalue weighted by atomic mass is 19.4. The van der Waals surface area contributed by atoms with E-state index in [-0.39, 0.29) is 6.54 Å². The summed E-state index contributed by atoms with van der Waals surface area (Å²) >= 11 is 0. The summed E-state index contributed by atoms with van der Waals surface area (Å²) in [6.07, 6.45) is -3.14. The minimum atomic E-state index is -4.41. The zero-order valence-electron chi connectivity index (χ0n) is 11.0. The molecule has 0 spiro atoms. The molecule has 1 aromatic carbocycles. The van der Waals surface area contributed by atoms with Gasteiger partial charge in [-0.3, -0.25) is 4.79 Å². The van der Waals surface area contributed by atoms with E-state index < -0.39 is 23.7 Å². The van der Waals surface area contributed by atoms with E-state index in [2.05, 4.69) is 20.8 Å². The first kappa shape index (κ1) is 14.9. The van der Waals surface area contributed by atoms with Gasteiger partial charge in [-0.2, -0.15) is 13.2 Å². The number of carbonyl (C=O) groups is 1. The average molecular weight is 299 g/mol. The number of rotatable bonds is 4. The van der Waals surface area contributed by atoms with Crippen molar-refractivity contribution in [2.45, 2.75) is 25.7 Å². The minimum absolute atomic E-state index is 0.101. The lowest BCUT2D eigenvalue weighted by atomic mass is 10.0. The second-order valence-corrected chi connectivity index (χ2v) is 4.42. The molecule has 2 rings (SSSR count). The van der Waals surface area contributed by atoms with Gasteiger partial charge in [0, 0.05) is 0 Å². The summed E-state index contributed by atoms with van der Waals surface area (Å²) in [4.78, 5) is 11.7. The number of amides is 1. The summed E-state index contributed by atoms with van der Waals surface area (Å²) in [6.45, 7) is 1.50. The summed E-state index contributed by atoms with van der Waals surface area (Å²) in [5, 5.41) is 12.9. The molecule has 1 heterocycles. The number of benzene rings is 1. The lowest BCUT2D eigenvalue weighted by Gasteiger charge is -2.16. The summed E-state index contributed by atoms with van der Waals surface area (Å²) < 4.78 is 39.1. The first-order chi connectivity index (χ1) is 9.86. The van der Waals surface area contributed by atoms with Crippen LogP contribution >= 0.6 is 0 Å². The van der Waals surface area contributed by atoms with Gasteiger partial charge in [-0.05, 0) is 35.0 Å². The van der Waals surface area contributed by atoms with Crippen molar-refractivity contribution in [3.8, 4) is 0 Å². The van der Waals surface area contributed by atoms with Gasteiger partial charge < -0.3 is 5.32 Å². The Bertz CT molecular complexity index is 612. The van der Waals surface area contributed by atoms with E-state index in [0.717, 1.165) is 12.1 Å². The number of nitrogens with one attached hydrogen (secondary N) is 1. The molecule has 1 aromatic heterocycles. The fraction of sp³-hybridized carbons (Fsp3) is 0.333. The van der Waals surface area contributed by atoms with Gasteiger partial charge in [0.15, 0.2) is 0 Å². The normalized spacial score (nSPS) is 13.0. The number of hydrogen-bond donors (Lipinski definition) is 1. The van der Waals surface area contributed by atoms with Crippen molar-refractivity contribution in [3.63, 3.8) is 0 Å². The standard InChI is InChI=1S/C12H12F3N5O/c1-8(17-11(21)6-20-7-16-18-19-20)9-3-2-4-10(5-9)12(13,14)15/h2-5,7-8H,6H2,1H3,(H,17,21)/t8-/m1/s1. The lowest BCUT2D eigenvalue weighted by Crippen LogP contribution is -2.30. The van der Waals surface area contributed by atoms with Crippen LogP contribution in [0.25, 0.3) is 0 Å². The smallest absolute Gasteiger partial charge is 0.348 e. The zero-order chi connectivity index (χ0) is 15.5. The topological polar surface area (TPSA) is 72.7 Å². The molecule has 0 unspecified atom stereocenters. The molecule has 1 N–H and O–H groups in total.